The summed E-state index contributed by atoms with van der Waals surface area (Å²) in [4.78, 5) is 0. The van der Waals surface area contributed by atoms with Gasteiger partial charge in [-0.05, 0) is 42.5 Å². The fourth-order valence-corrected chi connectivity index (χ4v) is 2.86. The van der Waals surface area contributed by atoms with Crippen molar-refractivity contribution in [3.05, 3.63) is 70.7 Å². The lowest BCUT2D eigenvalue weighted by Crippen LogP contribution is -2.47. The molecule has 1 aliphatic rings. The highest BCUT2D eigenvalue weighted by Crippen LogP contribution is 2.41. The van der Waals surface area contributed by atoms with Gasteiger partial charge in [0, 0.05) is 17.1 Å². The topological polar surface area (TPSA) is 12.0 Å². The molecule has 1 nitrogen and oxygen atoms in total. The molecule has 0 heterocycles. The Morgan fingerprint density at radius 2 is 1.60 bits per heavy atom. The standard InChI is InChI=1S/C17H18ClN.ClH/c18-16-9-7-15(8-10-16)17(11-4-12-17)19-13-14-5-2-1-3-6-14;/h1-3,5-10,19H,4,11-13H2;1H. The molecule has 1 saturated carbocycles. The number of halogens is 2. The van der Waals surface area contributed by atoms with Crippen LogP contribution in [0.3, 0.4) is 0 Å². The van der Waals surface area contributed by atoms with Crippen molar-refractivity contribution in [1.29, 1.82) is 0 Å². The number of rotatable bonds is 4. The molecule has 1 aliphatic carbocycles. The van der Waals surface area contributed by atoms with E-state index in [2.05, 4.69) is 47.8 Å². The molecule has 0 bridgehead atoms. The van der Waals surface area contributed by atoms with E-state index in [4.69, 9.17) is 11.6 Å². The van der Waals surface area contributed by atoms with E-state index in [0.29, 0.717) is 0 Å². The first-order valence-corrected chi connectivity index (χ1v) is 7.21. The summed E-state index contributed by atoms with van der Waals surface area (Å²) in [6.45, 7) is 0.920. The van der Waals surface area contributed by atoms with E-state index in [1.165, 1.54) is 30.4 Å². The van der Waals surface area contributed by atoms with E-state index < -0.39 is 0 Å². The summed E-state index contributed by atoms with van der Waals surface area (Å²) in [5.41, 5.74) is 2.85. The Morgan fingerprint density at radius 1 is 0.950 bits per heavy atom. The number of hydrogen-bond acceptors (Lipinski definition) is 1. The average molecular weight is 308 g/mol. The van der Waals surface area contributed by atoms with Crippen molar-refractivity contribution in [3.63, 3.8) is 0 Å². The number of nitrogens with one attached hydrogen (secondary N) is 1. The summed E-state index contributed by atoms with van der Waals surface area (Å²) in [5, 5.41) is 4.55. The van der Waals surface area contributed by atoms with E-state index in [-0.39, 0.29) is 17.9 Å². The van der Waals surface area contributed by atoms with Gasteiger partial charge in [0.25, 0.3) is 0 Å². The maximum atomic E-state index is 5.98. The first-order valence-electron chi connectivity index (χ1n) is 6.84. The van der Waals surface area contributed by atoms with Crippen molar-refractivity contribution >= 4 is 24.0 Å². The van der Waals surface area contributed by atoms with Crippen molar-refractivity contribution in [1.82, 2.24) is 5.32 Å². The maximum absolute atomic E-state index is 5.98. The molecule has 2 aromatic carbocycles. The van der Waals surface area contributed by atoms with Crippen molar-refractivity contribution in [2.24, 2.45) is 0 Å². The van der Waals surface area contributed by atoms with E-state index in [1.807, 2.05) is 12.1 Å². The number of hydrogen-bond donors (Lipinski definition) is 1. The lowest BCUT2D eigenvalue weighted by molar-refractivity contribution is 0.183. The Bertz CT molecular complexity index is 533. The Hall–Kier alpha value is -1.02. The van der Waals surface area contributed by atoms with Crippen molar-refractivity contribution in [2.75, 3.05) is 0 Å². The smallest absolute Gasteiger partial charge is 0.0437 e. The van der Waals surface area contributed by atoms with E-state index >= 15 is 0 Å². The molecular formula is C17H19Cl2N. The molecule has 3 rings (SSSR count). The molecule has 0 radical (unpaired) electrons. The summed E-state index contributed by atoms with van der Waals surface area (Å²) >= 11 is 5.98. The van der Waals surface area contributed by atoms with Crippen LogP contribution in [0, 0.1) is 0 Å². The Balaban J connectivity index is 0.00000147. The van der Waals surface area contributed by atoms with Crippen LogP contribution in [-0.2, 0) is 12.1 Å². The van der Waals surface area contributed by atoms with Crippen LogP contribution >= 0.6 is 24.0 Å². The predicted octanol–water partition coefficient (Wildman–Crippen LogP) is 4.93. The van der Waals surface area contributed by atoms with Gasteiger partial charge in [0.15, 0.2) is 0 Å². The van der Waals surface area contributed by atoms with Crippen LogP contribution < -0.4 is 5.32 Å². The van der Waals surface area contributed by atoms with Crippen LogP contribution in [0.2, 0.25) is 5.02 Å². The molecule has 0 spiro atoms. The highest BCUT2D eigenvalue weighted by atomic mass is 35.5. The van der Waals surface area contributed by atoms with Crippen molar-refractivity contribution < 1.29 is 0 Å². The summed E-state index contributed by atoms with van der Waals surface area (Å²) in [6.07, 6.45) is 3.72. The lowest BCUT2D eigenvalue weighted by atomic mass is 9.71. The molecule has 2 aromatic rings. The predicted molar refractivity (Wildman–Crippen MR) is 87.5 cm³/mol. The molecule has 0 amide bonds. The molecule has 106 valence electrons. The van der Waals surface area contributed by atoms with Crippen LogP contribution in [0.1, 0.15) is 30.4 Å². The molecule has 3 heteroatoms. The molecule has 0 aliphatic heterocycles. The van der Waals surface area contributed by atoms with Gasteiger partial charge in [-0.1, -0.05) is 54.1 Å². The van der Waals surface area contributed by atoms with Gasteiger partial charge in [-0.15, -0.1) is 12.4 Å². The van der Waals surface area contributed by atoms with Crippen LogP contribution in [0.25, 0.3) is 0 Å². The monoisotopic (exact) mass is 307 g/mol. The maximum Gasteiger partial charge on any atom is 0.0437 e. The fraction of sp³-hybridized carbons (Fsp3) is 0.294. The third-order valence-electron chi connectivity index (χ3n) is 4.08. The average Bonchev–Trinajstić information content (AvgIpc) is 2.41. The van der Waals surface area contributed by atoms with Crippen LogP contribution in [0.5, 0.6) is 0 Å². The lowest BCUT2D eigenvalue weighted by Gasteiger charge is -2.43. The first-order chi connectivity index (χ1) is 9.28. The third kappa shape index (κ3) is 3.17. The van der Waals surface area contributed by atoms with Gasteiger partial charge < -0.3 is 5.32 Å². The SMILES string of the molecule is Cl.Clc1ccc(C2(NCc3ccccc3)CCC2)cc1. The van der Waals surface area contributed by atoms with Gasteiger partial charge >= 0.3 is 0 Å². The molecule has 0 unspecified atom stereocenters. The van der Waals surface area contributed by atoms with Gasteiger partial charge in [-0.3, -0.25) is 0 Å². The number of benzene rings is 2. The Morgan fingerprint density at radius 3 is 2.15 bits per heavy atom. The molecule has 1 N–H and O–H groups in total. The molecule has 0 aromatic heterocycles. The zero-order chi connectivity index (χ0) is 13.1. The highest BCUT2D eigenvalue weighted by Gasteiger charge is 2.37. The summed E-state index contributed by atoms with van der Waals surface area (Å²) < 4.78 is 0. The second-order valence-corrected chi connectivity index (χ2v) is 5.72. The molecular weight excluding hydrogens is 289 g/mol. The van der Waals surface area contributed by atoms with E-state index in [1.54, 1.807) is 0 Å². The van der Waals surface area contributed by atoms with Gasteiger partial charge in [0.1, 0.15) is 0 Å². The van der Waals surface area contributed by atoms with Crippen LogP contribution in [0.15, 0.2) is 54.6 Å². The third-order valence-corrected chi connectivity index (χ3v) is 4.33. The minimum atomic E-state index is 0. The fourth-order valence-electron chi connectivity index (χ4n) is 2.73. The van der Waals surface area contributed by atoms with Crippen LogP contribution in [0.4, 0.5) is 0 Å². The van der Waals surface area contributed by atoms with Crippen molar-refractivity contribution in [3.8, 4) is 0 Å². The van der Waals surface area contributed by atoms with Gasteiger partial charge in [0.05, 0.1) is 0 Å². The van der Waals surface area contributed by atoms with Crippen LogP contribution in [-0.4, -0.2) is 0 Å². The second-order valence-electron chi connectivity index (χ2n) is 5.28. The minimum absolute atomic E-state index is 0. The second kappa shape index (κ2) is 6.62. The zero-order valence-electron chi connectivity index (χ0n) is 11.3. The minimum Gasteiger partial charge on any atom is -0.303 e. The molecule has 0 atom stereocenters. The van der Waals surface area contributed by atoms with Gasteiger partial charge in [-0.2, -0.15) is 0 Å². The largest absolute Gasteiger partial charge is 0.303 e. The molecule has 1 fully saturated rings. The Labute approximate surface area is 131 Å². The highest BCUT2D eigenvalue weighted by molar-refractivity contribution is 6.30. The van der Waals surface area contributed by atoms with Gasteiger partial charge in [-0.25, -0.2) is 0 Å². The molecule has 0 saturated heterocycles. The molecule has 20 heavy (non-hydrogen) atoms. The van der Waals surface area contributed by atoms with Crippen molar-refractivity contribution in [2.45, 2.75) is 31.3 Å². The van der Waals surface area contributed by atoms with E-state index in [9.17, 15) is 0 Å². The summed E-state index contributed by atoms with van der Waals surface area (Å²) in [6, 6.07) is 18.9. The zero-order valence-corrected chi connectivity index (χ0v) is 12.9. The Kier molecular flexibility index (Phi) is 5.09. The van der Waals surface area contributed by atoms with E-state index in [0.717, 1.165) is 11.6 Å². The normalized spacial score (nSPS) is 16.1. The first kappa shape index (κ1) is 15.4. The summed E-state index contributed by atoms with van der Waals surface area (Å²) in [7, 11) is 0. The summed E-state index contributed by atoms with van der Waals surface area (Å²) in [5.74, 6) is 0. The van der Waals surface area contributed by atoms with Gasteiger partial charge in [0.2, 0.25) is 0 Å². The quantitative estimate of drug-likeness (QED) is 0.844.